The quantitative estimate of drug-likeness (QED) is 0.193. The first-order valence-electron chi connectivity index (χ1n) is 17.0. The van der Waals surface area contributed by atoms with Crippen molar-refractivity contribution in [2.75, 3.05) is 59.2 Å². The summed E-state index contributed by atoms with van der Waals surface area (Å²) >= 11 is 12.2. The van der Waals surface area contributed by atoms with Gasteiger partial charge in [-0.05, 0) is 42.3 Å². The predicted octanol–water partition coefficient (Wildman–Crippen LogP) is 3.96. The van der Waals surface area contributed by atoms with Crippen molar-refractivity contribution in [1.82, 2.24) is 19.5 Å². The number of pyridine rings is 1. The van der Waals surface area contributed by atoms with E-state index >= 15 is 0 Å². The van der Waals surface area contributed by atoms with Gasteiger partial charge >= 0.3 is 5.97 Å². The molecule has 2 N–H and O–H groups in total. The minimum Gasteiger partial charge on any atom is -0.458 e. The maximum absolute atomic E-state index is 14.3. The summed E-state index contributed by atoms with van der Waals surface area (Å²) in [7, 11) is 1.34. The Hall–Kier alpha value is -4.24. The van der Waals surface area contributed by atoms with Crippen LogP contribution in [0, 0.1) is 11.3 Å². The van der Waals surface area contributed by atoms with Crippen LogP contribution in [0.5, 0.6) is 0 Å². The van der Waals surface area contributed by atoms with E-state index in [1.165, 1.54) is 41.6 Å². The summed E-state index contributed by atoms with van der Waals surface area (Å²) in [6, 6.07) is 10.3. The van der Waals surface area contributed by atoms with E-state index in [0.717, 1.165) is 4.31 Å². The lowest BCUT2D eigenvalue weighted by atomic mass is 10.0. The van der Waals surface area contributed by atoms with Gasteiger partial charge in [0.05, 0.1) is 59.8 Å². The van der Waals surface area contributed by atoms with Gasteiger partial charge < -0.3 is 19.9 Å². The fourth-order valence-electron chi connectivity index (χ4n) is 6.25. The number of aromatic nitrogens is 1. The number of hydrogen-bond acceptors (Lipinski definition) is 9. The van der Waals surface area contributed by atoms with Gasteiger partial charge in [0.25, 0.3) is 11.8 Å². The van der Waals surface area contributed by atoms with Crippen molar-refractivity contribution in [3.8, 4) is 6.07 Å². The van der Waals surface area contributed by atoms with E-state index in [1.807, 2.05) is 27.2 Å². The van der Waals surface area contributed by atoms with Gasteiger partial charge in [0.2, 0.25) is 15.9 Å². The molecular weight excluding hydrogens is 767 g/mol. The molecule has 5 rings (SSSR count). The van der Waals surface area contributed by atoms with Crippen molar-refractivity contribution in [2.45, 2.75) is 48.2 Å². The smallest absolute Gasteiger partial charge is 0.329 e. The number of carbonyl (C=O) groups excluding carboxylic acids is 3. The minimum atomic E-state index is -4.41. The summed E-state index contributed by atoms with van der Waals surface area (Å²) in [5.74, 6) is -5.10. The van der Waals surface area contributed by atoms with Crippen LogP contribution in [0.4, 0.5) is 14.5 Å². The molecule has 18 heteroatoms. The van der Waals surface area contributed by atoms with E-state index in [9.17, 15) is 36.8 Å². The molecule has 2 aromatic carbocycles. The van der Waals surface area contributed by atoms with Crippen LogP contribution in [0.25, 0.3) is 0 Å². The molecule has 1 aromatic heterocycles. The number of esters is 1. The average molecular weight is 808 g/mol. The number of rotatable bonds is 13. The Bertz CT molecular complexity index is 2020. The predicted molar refractivity (Wildman–Crippen MR) is 197 cm³/mol. The number of likely N-dealkylation sites (N-methyl/N-ethyl adjacent to an activating group) is 1. The second-order valence-electron chi connectivity index (χ2n) is 14.3. The number of likely N-dealkylation sites (tertiary alicyclic amines) is 1. The molecule has 0 spiro atoms. The summed E-state index contributed by atoms with van der Waals surface area (Å²) in [5, 5.41) is 14.9. The largest absolute Gasteiger partial charge is 0.458 e. The molecule has 2 aliphatic rings. The van der Waals surface area contributed by atoms with Gasteiger partial charge in [0, 0.05) is 50.1 Å². The molecule has 3 atom stereocenters. The van der Waals surface area contributed by atoms with E-state index in [1.54, 1.807) is 24.3 Å². The topological polar surface area (TPSA) is 162 Å². The molecule has 288 valence electrons. The van der Waals surface area contributed by atoms with Crippen molar-refractivity contribution in [3.63, 3.8) is 0 Å². The first-order valence-corrected chi connectivity index (χ1v) is 19.2. The van der Waals surface area contributed by atoms with Crippen molar-refractivity contribution >= 4 is 56.7 Å². The maximum Gasteiger partial charge on any atom is 0.329 e. The number of ether oxygens (including phenoxy) is 1. The highest BCUT2D eigenvalue weighted by molar-refractivity contribution is 7.89. The Kier molecular flexibility index (Phi) is 12.6. The highest BCUT2D eigenvalue weighted by atomic mass is 35.5. The molecule has 0 saturated carbocycles. The summed E-state index contributed by atoms with van der Waals surface area (Å²) in [6.45, 7) is -0.321. The van der Waals surface area contributed by atoms with Crippen LogP contribution < -0.4 is 10.6 Å². The zero-order valence-electron chi connectivity index (χ0n) is 29.8. The second-order valence-corrected chi connectivity index (χ2v) is 17.0. The molecule has 0 unspecified atom stereocenters. The number of benzene rings is 2. The third kappa shape index (κ3) is 10.1. The van der Waals surface area contributed by atoms with E-state index in [2.05, 4.69) is 15.6 Å². The summed E-state index contributed by atoms with van der Waals surface area (Å²) in [5.41, 5.74) is 1.06. The van der Waals surface area contributed by atoms with Crippen molar-refractivity contribution in [3.05, 3.63) is 87.7 Å². The Morgan fingerprint density at radius 3 is 2.41 bits per heavy atom. The lowest BCUT2D eigenvalue weighted by molar-refractivity contribution is -0.870. The van der Waals surface area contributed by atoms with Gasteiger partial charge in [-0.2, -0.15) is 9.57 Å². The third-order valence-electron chi connectivity index (χ3n) is 9.16. The van der Waals surface area contributed by atoms with Crippen molar-refractivity contribution in [2.24, 2.45) is 0 Å². The van der Waals surface area contributed by atoms with Crippen LogP contribution in [0.3, 0.4) is 0 Å². The lowest BCUT2D eigenvalue weighted by Crippen LogP contribution is -2.52. The van der Waals surface area contributed by atoms with Crippen LogP contribution >= 0.6 is 23.2 Å². The normalized spacial score (nSPS) is 19.5. The number of hydrogen-bond donors (Lipinski definition) is 2. The number of carbonyl (C=O) groups is 3. The van der Waals surface area contributed by atoms with Gasteiger partial charge in [-0.25, -0.2) is 22.0 Å². The number of alkyl halides is 2. The van der Waals surface area contributed by atoms with Crippen molar-refractivity contribution < 1.29 is 40.8 Å². The van der Waals surface area contributed by atoms with Gasteiger partial charge in [-0.3, -0.25) is 19.5 Å². The third-order valence-corrected chi connectivity index (χ3v) is 11.6. The van der Waals surface area contributed by atoms with Crippen LogP contribution in [-0.2, 0) is 30.8 Å². The summed E-state index contributed by atoms with van der Waals surface area (Å²) in [6.07, 6.45) is 2.00. The van der Waals surface area contributed by atoms with Crippen LogP contribution in [0.1, 0.15) is 34.3 Å². The van der Waals surface area contributed by atoms with E-state index in [4.69, 9.17) is 27.9 Å². The molecular formula is C36H40Cl2F2N7O6S+. The number of sulfonamides is 1. The number of quaternary nitrogens is 1. The van der Waals surface area contributed by atoms with Crippen LogP contribution in [-0.4, -0.2) is 123 Å². The Labute approximate surface area is 322 Å². The number of nitrogens with zero attached hydrogens (tertiary/aromatic N) is 5. The van der Waals surface area contributed by atoms with Gasteiger partial charge in [-0.1, -0.05) is 41.4 Å². The van der Waals surface area contributed by atoms with Gasteiger partial charge in [-0.15, -0.1) is 0 Å². The van der Waals surface area contributed by atoms with Crippen molar-refractivity contribution in [1.29, 1.82) is 5.26 Å². The highest BCUT2D eigenvalue weighted by Crippen LogP contribution is 2.35. The van der Waals surface area contributed by atoms with Gasteiger partial charge in [0.15, 0.2) is 0 Å². The fourth-order valence-corrected chi connectivity index (χ4v) is 8.47. The Balaban J connectivity index is 1.39. The first-order chi connectivity index (χ1) is 25.4. The first kappa shape index (κ1) is 40.9. The van der Waals surface area contributed by atoms with Crippen LogP contribution in [0.2, 0.25) is 10.0 Å². The minimum absolute atomic E-state index is 0.0180. The van der Waals surface area contributed by atoms with E-state index in [0.29, 0.717) is 22.3 Å². The fraction of sp³-hybridized carbons (Fsp3) is 0.417. The molecule has 3 aromatic rings. The van der Waals surface area contributed by atoms with E-state index in [-0.39, 0.29) is 58.6 Å². The molecule has 2 aliphatic heterocycles. The van der Waals surface area contributed by atoms with Gasteiger partial charge in [0.1, 0.15) is 25.2 Å². The number of anilines is 1. The average Bonchev–Trinajstić information content (AvgIpc) is 3.72. The standard InChI is InChI=1S/C36H39Cl2F2N7O6S/c1-47(2,3)13-14-53-35(50)30(16-23-7-9-25(10-8-23)43-34(49)32-28(37)19-42-20-29(32)38)44-33(48)31-17-26(45-12-11-36(39,40)22-45)21-46(31)54(51,52)27-6-4-5-24(15-27)18-41/h4-10,15,19-20,26,30-31H,11-14,16-17,21-22H2,1-3H3,(H-,43,44,48,49)/p+1/t26-,30+,31+/m1/s1. The summed E-state index contributed by atoms with van der Waals surface area (Å²) in [4.78, 5) is 45.6. The Morgan fingerprint density at radius 2 is 1.80 bits per heavy atom. The number of halogens is 4. The number of amides is 2. The molecule has 54 heavy (non-hydrogen) atoms. The lowest BCUT2D eigenvalue weighted by Gasteiger charge is -2.26. The molecule has 0 aliphatic carbocycles. The molecule has 0 radical (unpaired) electrons. The number of nitrogens with one attached hydrogen (secondary N) is 2. The van der Waals surface area contributed by atoms with Crippen LogP contribution in [0.15, 0.2) is 65.8 Å². The molecule has 2 saturated heterocycles. The molecule has 2 amide bonds. The SMILES string of the molecule is C[N+](C)(C)CCOC(=O)[C@H](Cc1ccc(NC(=O)c2c(Cl)cncc2Cl)cc1)NC(=O)[C@@H]1C[C@@H](N2CCC(F)(F)C2)CN1S(=O)(=O)c1cccc(C#N)c1. The highest BCUT2D eigenvalue weighted by Gasteiger charge is 2.50. The molecule has 3 heterocycles. The molecule has 13 nitrogen and oxygen atoms in total. The Morgan fingerprint density at radius 1 is 1.11 bits per heavy atom. The monoisotopic (exact) mass is 806 g/mol. The maximum atomic E-state index is 14.3. The van der Waals surface area contributed by atoms with E-state index < -0.39 is 64.8 Å². The molecule has 0 bridgehead atoms. The number of nitriles is 1. The zero-order valence-corrected chi connectivity index (χ0v) is 32.1. The zero-order chi connectivity index (χ0) is 39.4. The molecule has 2 fully saturated rings. The summed E-state index contributed by atoms with van der Waals surface area (Å²) < 4.78 is 63.6. The second kappa shape index (κ2) is 16.6.